The summed E-state index contributed by atoms with van der Waals surface area (Å²) in [6.07, 6.45) is 11.7. The summed E-state index contributed by atoms with van der Waals surface area (Å²) >= 11 is 0. The summed E-state index contributed by atoms with van der Waals surface area (Å²) < 4.78 is 0. The molecule has 5 heteroatoms. The van der Waals surface area contributed by atoms with Crippen molar-refractivity contribution in [1.29, 1.82) is 0 Å². The van der Waals surface area contributed by atoms with Crippen molar-refractivity contribution < 1.29 is 9.59 Å². The number of carbonyl (C=O) groups is 2. The van der Waals surface area contributed by atoms with Gasteiger partial charge in [-0.25, -0.2) is 4.79 Å². The molecule has 3 unspecified atom stereocenters. The molecule has 0 aromatic carbocycles. The van der Waals surface area contributed by atoms with Crippen molar-refractivity contribution in [2.24, 2.45) is 17.8 Å². The molecule has 0 aromatic heterocycles. The summed E-state index contributed by atoms with van der Waals surface area (Å²) in [5, 5.41) is 8.76. The first kappa shape index (κ1) is 16.6. The summed E-state index contributed by atoms with van der Waals surface area (Å²) in [5.41, 5.74) is 0. The van der Waals surface area contributed by atoms with Crippen molar-refractivity contribution in [2.45, 2.75) is 70.3 Å². The van der Waals surface area contributed by atoms with Crippen LogP contribution in [0.5, 0.6) is 0 Å². The lowest BCUT2D eigenvalue weighted by atomic mass is 9.86. The van der Waals surface area contributed by atoms with Gasteiger partial charge in [0, 0.05) is 25.6 Å². The second-order valence-electron chi connectivity index (χ2n) is 7.71. The molecule has 0 saturated heterocycles. The Morgan fingerprint density at radius 2 is 1.70 bits per heavy atom. The predicted octanol–water partition coefficient (Wildman–Crippen LogP) is 2.56. The number of urea groups is 1. The van der Waals surface area contributed by atoms with Crippen LogP contribution in [-0.2, 0) is 4.79 Å². The van der Waals surface area contributed by atoms with Crippen LogP contribution in [0.4, 0.5) is 4.79 Å². The van der Waals surface area contributed by atoms with Gasteiger partial charge in [-0.1, -0.05) is 19.3 Å². The minimum Gasteiger partial charge on any atom is -0.353 e. The molecule has 0 aliphatic heterocycles. The van der Waals surface area contributed by atoms with Crippen molar-refractivity contribution in [2.75, 3.05) is 13.1 Å². The van der Waals surface area contributed by atoms with Crippen molar-refractivity contribution in [3.8, 4) is 0 Å². The number of hydrogen-bond acceptors (Lipinski definition) is 2. The maximum Gasteiger partial charge on any atom is 0.314 e. The van der Waals surface area contributed by atoms with E-state index in [-0.39, 0.29) is 11.9 Å². The standard InChI is InChI=1S/C18H31N3O2/c22-17(21-16-3-1-2-4-16)8-10-20-18(23)19-9-7-15-12-13-5-6-14(15)11-13/h13-16H,1-12H2,(H,21,22)(H2,19,20,23). The number of fused-ring (bicyclic) bond motifs is 2. The summed E-state index contributed by atoms with van der Waals surface area (Å²) in [6, 6.07) is 0.222. The quantitative estimate of drug-likeness (QED) is 0.674. The first-order valence-corrected chi connectivity index (χ1v) is 9.52. The van der Waals surface area contributed by atoms with E-state index in [1.54, 1.807) is 0 Å². The fourth-order valence-electron chi connectivity index (χ4n) is 4.82. The van der Waals surface area contributed by atoms with Crippen LogP contribution in [0, 0.1) is 17.8 Å². The minimum absolute atomic E-state index is 0.0548. The van der Waals surface area contributed by atoms with E-state index >= 15 is 0 Å². The monoisotopic (exact) mass is 321 g/mol. The van der Waals surface area contributed by atoms with E-state index in [0.29, 0.717) is 19.0 Å². The minimum atomic E-state index is -0.137. The highest BCUT2D eigenvalue weighted by Gasteiger charge is 2.38. The molecule has 2 bridgehead atoms. The van der Waals surface area contributed by atoms with Crippen molar-refractivity contribution in [1.82, 2.24) is 16.0 Å². The molecule has 3 atom stereocenters. The molecule has 3 aliphatic rings. The Labute approximate surface area is 139 Å². The van der Waals surface area contributed by atoms with E-state index in [2.05, 4.69) is 16.0 Å². The molecule has 3 saturated carbocycles. The van der Waals surface area contributed by atoms with Crippen LogP contribution in [0.2, 0.25) is 0 Å². The molecule has 3 fully saturated rings. The maximum absolute atomic E-state index is 11.8. The molecule has 0 heterocycles. The average molecular weight is 321 g/mol. The molecule has 3 rings (SSSR count). The molecule has 0 aromatic rings. The number of nitrogens with one attached hydrogen (secondary N) is 3. The topological polar surface area (TPSA) is 70.2 Å². The van der Waals surface area contributed by atoms with E-state index in [9.17, 15) is 9.59 Å². The first-order valence-electron chi connectivity index (χ1n) is 9.52. The second kappa shape index (κ2) is 8.02. The molecule has 23 heavy (non-hydrogen) atoms. The molecule has 5 nitrogen and oxygen atoms in total. The Kier molecular flexibility index (Phi) is 5.79. The van der Waals surface area contributed by atoms with Gasteiger partial charge in [-0.05, 0) is 56.3 Å². The van der Waals surface area contributed by atoms with Crippen LogP contribution in [0.3, 0.4) is 0 Å². The third-order valence-electron chi connectivity index (χ3n) is 6.04. The lowest BCUT2D eigenvalue weighted by molar-refractivity contribution is -0.121. The van der Waals surface area contributed by atoms with E-state index in [4.69, 9.17) is 0 Å². The number of amides is 3. The van der Waals surface area contributed by atoms with E-state index in [1.807, 2.05) is 0 Å². The summed E-state index contributed by atoms with van der Waals surface area (Å²) in [6.45, 7) is 1.17. The fraction of sp³-hybridized carbons (Fsp3) is 0.889. The molecule has 0 spiro atoms. The van der Waals surface area contributed by atoms with Crippen molar-refractivity contribution >= 4 is 11.9 Å². The van der Waals surface area contributed by atoms with Crippen LogP contribution in [0.1, 0.15) is 64.2 Å². The molecule has 0 radical (unpaired) electrons. The Morgan fingerprint density at radius 1 is 0.913 bits per heavy atom. The third-order valence-corrected chi connectivity index (χ3v) is 6.04. The zero-order valence-corrected chi connectivity index (χ0v) is 14.1. The van der Waals surface area contributed by atoms with E-state index < -0.39 is 0 Å². The highest BCUT2D eigenvalue weighted by Crippen LogP contribution is 2.49. The second-order valence-corrected chi connectivity index (χ2v) is 7.71. The van der Waals surface area contributed by atoms with Crippen LogP contribution < -0.4 is 16.0 Å². The molecule has 3 N–H and O–H groups in total. The van der Waals surface area contributed by atoms with Gasteiger partial charge < -0.3 is 16.0 Å². The summed E-state index contributed by atoms with van der Waals surface area (Å²) in [7, 11) is 0. The number of carbonyl (C=O) groups excluding carboxylic acids is 2. The Hall–Kier alpha value is -1.26. The summed E-state index contributed by atoms with van der Waals surface area (Å²) in [4.78, 5) is 23.5. The lowest BCUT2D eigenvalue weighted by Gasteiger charge is -2.21. The van der Waals surface area contributed by atoms with E-state index in [0.717, 1.165) is 43.6 Å². The molecular weight excluding hydrogens is 290 g/mol. The van der Waals surface area contributed by atoms with Gasteiger partial charge in [-0.3, -0.25) is 4.79 Å². The van der Waals surface area contributed by atoms with Crippen molar-refractivity contribution in [3.63, 3.8) is 0 Å². The molecule has 3 amide bonds. The smallest absolute Gasteiger partial charge is 0.314 e. The van der Waals surface area contributed by atoms with Gasteiger partial charge in [-0.2, -0.15) is 0 Å². The zero-order valence-electron chi connectivity index (χ0n) is 14.1. The number of hydrogen-bond donors (Lipinski definition) is 3. The maximum atomic E-state index is 11.8. The van der Waals surface area contributed by atoms with Gasteiger partial charge in [0.2, 0.25) is 5.91 Å². The van der Waals surface area contributed by atoms with Crippen molar-refractivity contribution in [3.05, 3.63) is 0 Å². The SMILES string of the molecule is O=C(CCNC(=O)NCCC1CC2CCC1C2)NC1CCCC1. The van der Waals surface area contributed by atoms with Crippen LogP contribution in [0.25, 0.3) is 0 Å². The predicted molar refractivity (Wildman–Crippen MR) is 90.0 cm³/mol. The van der Waals surface area contributed by atoms with Gasteiger partial charge in [0.05, 0.1) is 0 Å². The highest BCUT2D eigenvalue weighted by molar-refractivity contribution is 5.78. The fourth-order valence-corrected chi connectivity index (χ4v) is 4.82. The van der Waals surface area contributed by atoms with Crippen LogP contribution in [-0.4, -0.2) is 31.1 Å². The third kappa shape index (κ3) is 4.85. The molecule has 3 aliphatic carbocycles. The zero-order chi connectivity index (χ0) is 16.1. The molecule has 130 valence electrons. The largest absolute Gasteiger partial charge is 0.353 e. The summed E-state index contributed by atoms with van der Waals surface area (Å²) in [5.74, 6) is 2.77. The Balaban J connectivity index is 1.20. The normalized spacial score (nSPS) is 29.7. The number of rotatable bonds is 7. The average Bonchev–Trinajstić information content (AvgIpc) is 3.24. The Bertz CT molecular complexity index is 420. The Morgan fingerprint density at radius 3 is 2.39 bits per heavy atom. The van der Waals surface area contributed by atoms with Gasteiger partial charge in [-0.15, -0.1) is 0 Å². The van der Waals surface area contributed by atoms with E-state index in [1.165, 1.54) is 38.5 Å². The van der Waals surface area contributed by atoms with Gasteiger partial charge in [0.1, 0.15) is 0 Å². The van der Waals surface area contributed by atoms with Gasteiger partial charge in [0.25, 0.3) is 0 Å². The van der Waals surface area contributed by atoms with Crippen LogP contribution >= 0.6 is 0 Å². The highest BCUT2D eigenvalue weighted by atomic mass is 16.2. The molecular formula is C18H31N3O2. The van der Waals surface area contributed by atoms with Gasteiger partial charge in [0.15, 0.2) is 0 Å². The van der Waals surface area contributed by atoms with Gasteiger partial charge >= 0.3 is 6.03 Å². The van der Waals surface area contributed by atoms with Crippen LogP contribution in [0.15, 0.2) is 0 Å². The lowest BCUT2D eigenvalue weighted by Crippen LogP contribution is -2.40. The first-order chi connectivity index (χ1) is 11.2.